The fourth-order valence-electron chi connectivity index (χ4n) is 5.28. The van der Waals surface area contributed by atoms with Crippen molar-refractivity contribution in [3.63, 3.8) is 0 Å². The summed E-state index contributed by atoms with van der Waals surface area (Å²) in [5.74, 6) is -2.66. The van der Waals surface area contributed by atoms with E-state index in [9.17, 15) is 14.4 Å². The lowest BCUT2D eigenvalue weighted by Crippen LogP contribution is -2.48. The third kappa shape index (κ3) is 2.84. The number of nitrogens with zero attached hydrogens (tertiary/aromatic N) is 2. The molecule has 0 aliphatic carbocycles. The third-order valence-corrected chi connectivity index (χ3v) is 7.14. The first-order valence-electron chi connectivity index (χ1n) is 10.4. The molecule has 3 aromatic rings. The van der Waals surface area contributed by atoms with Gasteiger partial charge in [0.05, 0.1) is 34.9 Å². The first kappa shape index (κ1) is 20.3. The summed E-state index contributed by atoms with van der Waals surface area (Å²) >= 11 is 12.4. The van der Waals surface area contributed by atoms with Crippen LogP contribution in [0.15, 0.2) is 71.4 Å². The van der Waals surface area contributed by atoms with Crippen molar-refractivity contribution in [3.8, 4) is 0 Å². The van der Waals surface area contributed by atoms with E-state index in [2.05, 4.69) is 0 Å². The van der Waals surface area contributed by atoms with E-state index in [-0.39, 0.29) is 28.2 Å². The fourth-order valence-corrected chi connectivity index (χ4v) is 5.77. The predicted molar refractivity (Wildman–Crippen MR) is 125 cm³/mol. The van der Waals surface area contributed by atoms with Gasteiger partial charge in [-0.1, -0.05) is 53.6 Å². The number of carbonyl (C=O) groups excluding carboxylic acids is 3. The van der Waals surface area contributed by atoms with Crippen molar-refractivity contribution in [2.24, 2.45) is 11.8 Å². The quantitative estimate of drug-likeness (QED) is 0.397. The van der Waals surface area contributed by atoms with Crippen molar-refractivity contribution < 1.29 is 18.8 Å². The van der Waals surface area contributed by atoms with Crippen molar-refractivity contribution in [2.75, 3.05) is 9.80 Å². The Labute approximate surface area is 199 Å². The number of hydrogen-bond donors (Lipinski definition) is 0. The molecule has 33 heavy (non-hydrogen) atoms. The van der Waals surface area contributed by atoms with Crippen LogP contribution in [0, 0.1) is 11.8 Å². The second-order valence-corrected chi connectivity index (χ2v) is 9.11. The van der Waals surface area contributed by atoms with Gasteiger partial charge in [-0.3, -0.25) is 14.4 Å². The number of para-hydroxylation sites is 1. The summed E-state index contributed by atoms with van der Waals surface area (Å²) in [4.78, 5) is 44.1. The van der Waals surface area contributed by atoms with E-state index in [1.165, 1.54) is 12.3 Å². The van der Waals surface area contributed by atoms with Gasteiger partial charge in [0.15, 0.2) is 5.76 Å². The summed E-state index contributed by atoms with van der Waals surface area (Å²) in [6.45, 7) is 0. The summed E-state index contributed by atoms with van der Waals surface area (Å²) in [5.41, 5.74) is 1.99. The lowest BCUT2D eigenvalue weighted by Gasteiger charge is -2.36. The Kier molecular flexibility index (Phi) is 4.50. The number of rotatable bonds is 3. The van der Waals surface area contributed by atoms with Gasteiger partial charge in [-0.25, -0.2) is 4.90 Å². The highest BCUT2D eigenvalue weighted by molar-refractivity contribution is 6.38. The highest BCUT2D eigenvalue weighted by Gasteiger charge is 2.64. The molecular formula is C25H16Cl2N2O4. The van der Waals surface area contributed by atoms with Gasteiger partial charge in [0.2, 0.25) is 17.6 Å². The Bertz CT molecular complexity index is 1350. The van der Waals surface area contributed by atoms with Gasteiger partial charge >= 0.3 is 0 Å². The number of Topliss-reactive ketones (excluding diaryl/α,β-unsaturated/α-hetero) is 1. The van der Waals surface area contributed by atoms with E-state index in [0.29, 0.717) is 5.02 Å². The predicted octanol–water partition coefficient (Wildman–Crippen LogP) is 4.86. The topological polar surface area (TPSA) is 70.8 Å². The SMILES string of the molecule is O=C(c1ccco1)[C@@H]1[C@@H]2C(=O)N(c3ccc(Cl)cc3Cl)C(=O)[C@@H]2[C@@H]2C=Cc3ccccc3N12. The molecule has 164 valence electrons. The van der Waals surface area contributed by atoms with Crippen molar-refractivity contribution in [2.45, 2.75) is 12.1 Å². The molecule has 3 aliphatic rings. The average molecular weight is 479 g/mol. The Morgan fingerprint density at radius 2 is 1.70 bits per heavy atom. The van der Waals surface area contributed by atoms with Gasteiger partial charge in [0.1, 0.15) is 6.04 Å². The maximum absolute atomic E-state index is 13.8. The molecule has 2 aromatic carbocycles. The summed E-state index contributed by atoms with van der Waals surface area (Å²) in [6, 6.07) is 14.1. The average Bonchev–Trinajstić information content (AvgIpc) is 3.51. The molecule has 0 N–H and O–H groups in total. The minimum absolute atomic E-state index is 0.148. The number of anilines is 2. The maximum Gasteiger partial charge on any atom is 0.240 e. The van der Waals surface area contributed by atoms with Crippen LogP contribution in [-0.2, 0) is 9.59 Å². The van der Waals surface area contributed by atoms with E-state index >= 15 is 0 Å². The molecule has 6 rings (SSSR count). The second-order valence-electron chi connectivity index (χ2n) is 8.26. The van der Waals surface area contributed by atoms with Crippen LogP contribution < -0.4 is 9.80 Å². The molecule has 8 heteroatoms. The Hall–Kier alpha value is -3.35. The molecule has 4 atom stereocenters. The monoisotopic (exact) mass is 478 g/mol. The fraction of sp³-hybridized carbons (Fsp3) is 0.160. The minimum atomic E-state index is -0.898. The molecule has 0 radical (unpaired) electrons. The summed E-state index contributed by atoms with van der Waals surface area (Å²) in [5, 5.41) is 0.589. The molecule has 0 bridgehead atoms. The van der Waals surface area contributed by atoms with Crippen molar-refractivity contribution in [1.29, 1.82) is 0 Å². The molecule has 6 nitrogen and oxygen atoms in total. The standard InChI is InChI=1S/C25H16Cl2N2O4/c26-14-8-10-17(15(27)12-14)29-24(31)20-18-9-7-13-4-1-2-5-16(13)28(18)22(21(20)25(29)32)23(30)19-6-3-11-33-19/h1-12,18,20-22H/t18-,20+,21+,22-/m0/s1. The van der Waals surface area contributed by atoms with Crippen LogP contribution in [-0.4, -0.2) is 29.7 Å². The highest BCUT2D eigenvalue weighted by atomic mass is 35.5. The lowest BCUT2D eigenvalue weighted by molar-refractivity contribution is -0.122. The summed E-state index contributed by atoms with van der Waals surface area (Å²) in [6.07, 6.45) is 5.25. The smallest absolute Gasteiger partial charge is 0.240 e. The van der Waals surface area contributed by atoms with Gasteiger partial charge in [0, 0.05) is 10.7 Å². The van der Waals surface area contributed by atoms with Gasteiger partial charge in [0.25, 0.3) is 0 Å². The van der Waals surface area contributed by atoms with Gasteiger partial charge in [-0.05, 0) is 42.0 Å². The molecule has 2 fully saturated rings. The minimum Gasteiger partial charge on any atom is -0.461 e. The van der Waals surface area contributed by atoms with Crippen LogP contribution in [0.25, 0.3) is 6.08 Å². The van der Waals surface area contributed by atoms with Crippen molar-refractivity contribution >= 4 is 58.3 Å². The Morgan fingerprint density at radius 3 is 2.45 bits per heavy atom. The van der Waals surface area contributed by atoms with Gasteiger partial charge in [-0.15, -0.1) is 0 Å². The number of halogens is 2. The molecule has 0 spiro atoms. The number of amides is 2. The first-order chi connectivity index (χ1) is 16.0. The number of ketones is 1. The van der Waals surface area contributed by atoms with Crippen LogP contribution in [0.3, 0.4) is 0 Å². The summed E-state index contributed by atoms with van der Waals surface area (Å²) in [7, 11) is 0. The number of carbonyl (C=O) groups is 3. The lowest BCUT2D eigenvalue weighted by atomic mass is 9.87. The molecular weight excluding hydrogens is 463 g/mol. The van der Waals surface area contributed by atoms with Gasteiger partial charge in [-0.2, -0.15) is 0 Å². The Balaban J connectivity index is 1.51. The number of fused-ring (bicyclic) bond motifs is 5. The van der Waals surface area contributed by atoms with E-state index in [1.54, 1.807) is 24.3 Å². The van der Waals surface area contributed by atoms with Crippen LogP contribution in [0.5, 0.6) is 0 Å². The third-order valence-electron chi connectivity index (χ3n) is 6.60. The van der Waals surface area contributed by atoms with E-state index in [1.807, 2.05) is 41.3 Å². The molecule has 2 saturated heterocycles. The second kappa shape index (κ2) is 7.33. The number of benzene rings is 2. The number of imide groups is 1. The number of hydrogen-bond acceptors (Lipinski definition) is 5. The maximum atomic E-state index is 13.8. The van der Waals surface area contributed by atoms with E-state index < -0.39 is 29.8 Å². The van der Waals surface area contributed by atoms with Crippen molar-refractivity contribution in [1.82, 2.24) is 0 Å². The molecule has 0 unspecified atom stereocenters. The molecule has 0 saturated carbocycles. The number of furan rings is 1. The molecule has 2 amide bonds. The molecule has 3 aliphatic heterocycles. The Morgan fingerprint density at radius 1 is 0.909 bits per heavy atom. The zero-order chi connectivity index (χ0) is 22.9. The molecule has 1 aromatic heterocycles. The summed E-state index contributed by atoms with van der Waals surface area (Å²) < 4.78 is 5.39. The molecule has 4 heterocycles. The van der Waals surface area contributed by atoms with Crippen LogP contribution in [0.1, 0.15) is 16.1 Å². The van der Waals surface area contributed by atoms with Crippen LogP contribution >= 0.6 is 23.2 Å². The van der Waals surface area contributed by atoms with E-state index in [4.69, 9.17) is 27.6 Å². The normalized spacial score (nSPS) is 25.3. The van der Waals surface area contributed by atoms with Crippen LogP contribution in [0.2, 0.25) is 10.0 Å². The van der Waals surface area contributed by atoms with Crippen LogP contribution in [0.4, 0.5) is 11.4 Å². The van der Waals surface area contributed by atoms with E-state index in [0.717, 1.165) is 16.2 Å². The van der Waals surface area contributed by atoms with Crippen molar-refractivity contribution in [3.05, 3.63) is 88.3 Å². The first-order valence-corrected chi connectivity index (χ1v) is 11.2. The zero-order valence-corrected chi connectivity index (χ0v) is 18.5. The largest absolute Gasteiger partial charge is 0.461 e. The van der Waals surface area contributed by atoms with Gasteiger partial charge < -0.3 is 9.32 Å². The zero-order valence-electron chi connectivity index (χ0n) is 17.0. The highest BCUT2D eigenvalue weighted by Crippen LogP contribution is 2.50.